The van der Waals surface area contributed by atoms with Crippen LogP contribution in [0.1, 0.15) is 29.5 Å². The van der Waals surface area contributed by atoms with Crippen LogP contribution in [0.4, 0.5) is 10.5 Å². The molecule has 1 atom stereocenters. The summed E-state index contributed by atoms with van der Waals surface area (Å²) in [6.45, 7) is 4.38. The molecule has 6 nitrogen and oxygen atoms in total. The first kappa shape index (κ1) is 20.3. The fraction of sp³-hybridized carbons (Fsp3) is 0.333. The minimum atomic E-state index is -0.237. The SMILES string of the molecule is Cc1cnc2ccccc2c1NC(=O)NCc1ccccc1CN1CCC[C@@H]1CO. The number of carbonyl (C=O) groups is 1. The summed E-state index contributed by atoms with van der Waals surface area (Å²) in [7, 11) is 0. The maximum absolute atomic E-state index is 12.6. The van der Waals surface area contributed by atoms with Gasteiger partial charge in [0.25, 0.3) is 0 Å². The van der Waals surface area contributed by atoms with Gasteiger partial charge < -0.3 is 15.7 Å². The summed E-state index contributed by atoms with van der Waals surface area (Å²) in [5.74, 6) is 0. The maximum atomic E-state index is 12.6. The fourth-order valence-corrected chi connectivity index (χ4v) is 4.15. The molecular formula is C24H28N4O2. The Balaban J connectivity index is 1.43. The number of aliphatic hydroxyl groups excluding tert-OH is 1. The first-order valence-electron chi connectivity index (χ1n) is 10.5. The first-order valence-corrected chi connectivity index (χ1v) is 10.5. The number of rotatable bonds is 6. The number of likely N-dealkylation sites (tertiary alicyclic amines) is 1. The third kappa shape index (κ3) is 4.45. The van der Waals surface area contributed by atoms with Gasteiger partial charge in [0.15, 0.2) is 0 Å². The molecule has 2 heterocycles. The molecule has 1 saturated heterocycles. The van der Waals surface area contributed by atoms with Crippen LogP contribution in [0.3, 0.4) is 0 Å². The number of hydrogen-bond acceptors (Lipinski definition) is 4. The Labute approximate surface area is 176 Å². The lowest BCUT2D eigenvalue weighted by Gasteiger charge is -2.24. The first-order chi connectivity index (χ1) is 14.7. The Morgan fingerprint density at radius 1 is 1.17 bits per heavy atom. The van der Waals surface area contributed by atoms with E-state index in [1.165, 1.54) is 5.56 Å². The Hall–Kier alpha value is -2.96. The van der Waals surface area contributed by atoms with Gasteiger partial charge >= 0.3 is 6.03 Å². The van der Waals surface area contributed by atoms with E-state index in [1.807, 2.05) is 49.4 Å². The summed E-state index contributed by atoms with van der Waals surface area (Å²) in [5.41, 5.74) is 4.84. The molecule has 0 aliphatic carbocycles. The molecule has 0 unspecified atom stereocenters. The van der Waals surface area contributed by atoms with Crippen LogP contribution >= 0.6 is 0 Å². The number of hydrogen-bond donors (Lipinski definition) is 3. The van der Waals surface area contributed by atoms with Crippen molar-refractivity contribution in [2.24, 2.45) is 0 Å². The highest BCUT2D eigenvalue weighted by Gasteiger charge is 2.24. The van der Waals surface area contributed by atoms with Crippen molar-refractivity contribution in [2.75, 3.05) is 18.5 Å². The molecule has 4 rings (SSSR count). The fourth-order valence-electron chi connectivity index (χ4n) is 4.15. The zero-order valence-electron chi connectivity index (χ0n) is 17.3. The number of aliphatic hydroxyl groups is 1. The van der Waals surface area contributed by atoms with Crippen molar-refractivity contribution < 1.29 is 9.90 Å². The lowest BCUT2D eigenvalue weighted by atomic mass is 10.1. The molecule has 6 heteroatoms. The molecule has 1 aromatic heterocycles. The Bertz CT molecular complexity index is 1040. The molecule has 3 N–H and O–H groups in total. The average molecular weight is 405 g/mol. The van der Waals surface area contributed by atoms with Crippen molar-refractivity contribution in [2.45, 2.75) is 38.9 Å². The molecule has 0 spiro atoms. The number of pyridine rings is 1. The van der Waals surface area contributed by atoms with Crippen molar-refractivity contribution in [3.05, 3.63) is 71.4 Å². The molecule has 0 saturated carbocycles. The van der Waals surface area contributed by atoms with Crippen molar-refractivity contribution in [1.82, 2.24) is 15.2 Å². The van der Waals surface area contributed by atoms with Gasteiger partial charge in [-0.15, -0.1) is 0 Å². The molecular weight excluding hydrogens is 376 g/mol. The quantitative estimate of drug-likeness (QED) is 0.584. The molecule has 2 aromatic carbocycles. The van der Waals surface area contributed by atoms with Gasteiger partial charge in [-0.1, -0.05) is 42.5 Å². The van der Waals surface area contributed by atoms with Crippen LogP contribution in [0.5, 0.6) is 0 Å². The van der Waals surface area contributed by atoms with Crippen LogP contribution < -0.4 is 10.6 Å². The number of amides is 2. The molecule has 0 radical (unpaired) electrons. The van der Waals surface area contributed by atoms with Gasteiger partial charge in [-0.05, 0) is 49.1 Å². The van der Waals surface area contributed by atoms with Crippen LogP contribution in [0.15, 0.2) is 54.7 Å². The van der Waals surface area contributed by atoms with E-state index in [0.717, 1.165) is 53.6 Å². The van der Waals surface area contributed by atoms with E-state index >= 15 is 0 Å². The highest BCUT2D eigenvalue weighted by Crippen LogP contribution is 2.25. The van der Waals surface area contributed by atoms with Gasteiger partial charge in [0.1, 0.15) is 0 Å². The van der Waals surface area contributed by atoms with E-state index in [0.29, 0.717) is 6.54 Å². The van der Waals surface area contributed by atoms with Crippen LogP contribution in [0.2, 0.25) is 0 Å². The van der Waals surface area contributed by atoms with E-state index in [9.17, 15) is 9.90 Å². The predicted octanol–water partition coefficient (Wildman–Crippen LogP) is 3.82. The second-order valence-corrected chi connectivity index (χ2v) is 7.86. The predicted molar refractivity (Wildman–Crippen MR) is 119 cm³/mol. The number of anilines is 1. The maximum Gasteiger partial charge on any atom is 0.319 e. The topological polar surface area (TPSA) is 77.5 Å². The van der Waals surface area contributed by atoms with Crippen LogP contribution in [0.25, 0.3) is 10.9 Å². The lowest BCUT2D eigenvalue weighted by Crippen LogP contribution is -2.33. The van der Waals surface area contributed by atoms with E-state index in [1.54, 1.807) is 6.20 Å². The van der Waals surface area contributed by atoms with E-state index in [4.69, 9.17) is 0 Å². The highest BCUT2D eigenvalue weighted by molar-refractivity contribution is 6.01. The minimum absolute atomic E-state index is 0.196. The third-order valence-electron chi connectivity index (χ3n) is 5.84. The van der Waals surface area contributed by atoms with Crippen LogP contribution in [-0.4, -0.2) is 40.2 Å². The second-order valence-electron chi connectivity index (χ2n) is 7.86. The van der Waals surface area contributed by atoms with Crippen LogP contribution in [0, 0.1) is 6.92 Å². The molecule has 1 fully saturated rings. The molecule has 1 aliphatic heterocycles. The number of aromatic nitrogens is 1. The van der Waals surface area contributed by atoms with Gasteiger partial charge in [0, 0.05) is 30.7 Å². The Kier molecular flexibility index (Phi) is 6.26. The Morgan fingerprint density at radius 2 is 1.93 bits per heavy atom. The van der Waals surface area contributed by atoms with Crippen LogP contribution in [-0.2, 0) is 13.1 Å². The minimum Gasteiger partial charge on any atom is -0.395 e. The third-order valence-corrected chi connectivity index (χ3v) is 5.84. The zero-order valence-corrected chi connectivity index (χ0v) is 17.3. The van der Waals surface area contributed by atoms with Crippen molar-refractivity contribution >= 4 is 22.6 Å². The summed E-state index contributed by atoms with van der Waals surface area (Å²) < 4.78 is 0. The number of para-hydroxylation sites is 1. The lowest BCUT2D eigenvalue weighted by molar-refractivity contribution is 0.153. The zero-order chi connectivity index (χ0) is 20.9. The van der Waals surface area contributed by atoms with Gasteiger partial charge in [-0.2, -0.15) is 0 Å². The standard InChI is InChI=1S/C24H28N4O2/c1-17-13-25-22-11-5-4-10-21(22)23(17)27-24(30)26-14-18-7-2-3-8-19(18)15-28-12-6-9-20(28)16-29/h2-5,7-8,10-11,13,20,29H,6,9,12,14-16H2,1H3,(H2,25,26,27,30)/t20-/m1/s1. The van der Waals surface area contributed by atoms with Crippen molar-refractivity contribution in [3.8, 4) is 0 Å². The molecule has 156 valence electrons. The van der Waals surface area contributed by atoms with E-state index < -0.39 is 0 Å². The van der Waals surface area contributed by atoms with E-state index in [-0.39, 0.29) is 18.7 Å². The monoisotopic (exact) mass is 404 g/mol. The van der Waals surface area contributed by atoms with Gasteiger partial charge in [-0.25, -0.2) is 4.79 Å². The Morgan fingerprint density at radius 3 is 2.77 bits per heavy atom. The number of urea groups is 1. The molecule has 30 heavy (non-hydrogen) atoms. The van der Waals surface area contributed by atoms with Gasteiger partial charge in [0.05, 0.1) is 17.8 Å². The summed E-state index contributed by atoms with van der Waals surface area (Å²) >= 11 is 0. The average Bonchev–Trinajstić information content (AvgIpc) is 3.22. The number of fused-ring (bicyclic) bond motifs is 1. The van der Waals surface area contributed by atoms with Gasteiger partial charge in [-0.3, -0.25) is 9.88 Å². The summed E-state index contributed by atoms with van der Waals surface area (Å²) in [5, 5.41) is 16.5. The molecule has 3 aromatic rings. The number of benzene rings is 2. The summed E-state index contributed by atoms with van der Waals surface area (Å²) in [4.78, 5) is 19.4. The molecule has 1 aliphatic rings. The second kappa shape index (κ2) is 9.24. The molecule has 0 bridgehead atoms. The van der Waals surface area contributed by atoms with E-state index in [2.05, 4.69) is 26.6 Å². The number of carbonyl (C=O) groups excluding carboxylic acids is 1. The number of nitrogens with zero attached hydrogens (tertiary/aromatic N) is 2. The van der Waals surface area contributed by atoms with Gasteiger partial charge in [0.2, 0.25) is 0 Å². The number of nitrogens with one attached hydrogen (secondary N) is 2. The highest BCUT2D eigenvalue weighted by atomic mass is 16.3. The summed E-state index contributed by atoms with van der Waals surface area (Å²) in [6.07, 6.45) is 3.94. The smallest absolute Gasteiger partial charge is 0.319 e. The van der Waals surface area contributed by atoms with Crippen molar-refractivity contribution in [1.29, 1.82) is 0 Å². The van der Waals surface area contributed by atoms with Crippen molar-refractivity contribution in [3.63, 3.8) is 0 Å². The normalized spacial score (nSPS) is 16.7. The summed E-state index contributed by atoms with van der Waals surface area (Å²) in [6, 6.07) is 15.9. The largest absolute Gasteiger partial charge is 0.395 e. The molecule has 2 amide bonds. The number of aryl methyl sites for hydroxylation is 1.